The van der Waals surface area contributed by atoms with Gasteiger partial charge in [-0.3, -0.25) is 0 Å². The van der Waals surface area contributed by atoms with Crippen LogP contribution in [-0.4, -0.2) is 23.2 Å². The second-order valence-electron chi connectivity index (χ2n) is 0.780. The highest BCUT2D eigenvalue weighted by atomic mass is 28.3. The molecule has 0 aromatic rings. The molecule has 28 valence electrons. The van der Waals surface area contributed by atoms with Crippen molar-refractivity contribution in [3.05, 3.63) is 0 Å². The third-order valence-electron chi connectivity index (χ3n) is 0.405. The molecule has 1 heterocycles. The van der Waals surface area contributed by atoms with Crippen LogP contribution < -0.4 is 0 Å². The first-order valence-corrected chi connectivity index (χ1v) is 2.30. The van der Waals surface area contributed by atoms with Gasteiger partial charge in [0.15, 0.2) is 0 Å². The van der Waals surface area contributed by atoms with Crippen molar-refractivity contribution in [3.8, 4) is 0 Å². The fraction of sp³-hybridized carbons (Fsp3) is 1.00. The average molecular weight is 88.1 g/mol. The Hall–Kier alpha value is 0.137. The molecule has 0 aromatic heterocycles. The van der Waals surface area contributed by atoms with E-state index in [1.165, 1.54) is 0 Å². The van der Waals surface area contributed by atoms with Crippen LogP contribution in [0.3, 0.4) is 0 Å². The second kappa shape index (κ2) is 1.54. The van der Waals surface area contributed by atoms with Gasteiger partial charge in [-0.05, 0) is 0 Å². The van der Waals surface area contributed by atoms with Gasteiger partial charge in [-0.25, -0.2) is 0 Å². The lowest BCUT2D eigenvalue weighted by Gasteiger charge is -1.70. The molecule has 1 aliphatic rings. The first kappa shape index (κ1) is 3.33. The van der Waals surface area contributed by atoms with Gasteiger partial charge in [0.1, 0.15) is 0 Å². The molecule has 2 radical (unpaired) electrons. The van der Waals surface area contributed by atoms with Crippen molar-refractivity contribution < 1.29 is 8.85 Å². The normalized spacial score (nSPS) is 24.0. The van der Waals surface area contributed by atoms with Gasteiger partial charge in [-0.15, -0.1) is 0 Å². The largest absolute Gasteiger partial charge is 0.433 e. The van der Waals surface area contributed by atoms with Crippen LogP contribution in [0.1, 0.15) is 0 Å². The Kier molecular flexibility index (Phi) is 1.03. The topological polar surface area (TPSA) is 18.5 Å². The Morgan fingerprint density at radius 2 is 1.80 bits per heavy atom. The zero-order valence-electron chi connectivity index (χ0n) is 2.73. The molecule has 0 spiro atoms. The van der Waals surface area contributed by atoms with E-state index in [-0.39, 0.29) is 0 Å². The van der Waals surface area contributed by atoms with Gasteiger partial charge in [0.2, 0.25) is 0 Å². The maximum Gasteiger partial charge on any atom is 0.433 e. The Morgan fingerprint density at radius 1 is 1.20 bits per heavy atom. The van der Waals surface area contributed by atoms with E-state index < -0.39 is 0 Å². The zero-order chi connectivity index (χ0) is 3.54. The van der Waals surface area contributed by atoms with Crippen molar-refractivity contribution in [2.45, 2.75) is 0 Å². The summed E-state index contributed by atoms with van der Waals surface area (Å²) in [5.74, 6) is 0. The van der Waals surface area contributed by atoms with Gasteiger partial charge in [0.05, 0.1) is 13.2 Å². The minimum absolute atomic E-state index is 0.309. The smallest absolute Gasteiger partial charge is 0.390 e. The summed E-state index contributed by atoms with van der Waals surface area (Å²) in [5.41, 5.74) is 0. The number of hydrogen-bond donors (Lipinski definition) is 0. The molecular formula is C2H4O2Si. The van der Waals surface area contributed by atoms with Crippen molar-refractivity contribution in [2.75, 3.05) is 13.2 Å². The first-order valence-electron chi connectivity index (χ1n) is 1.49. The predicted octanol–water partition coefficient (Wildman–Crippen LogP) is -0.433. The molecule has 0 amide bonds. The minimum Gasteiger partial charge on any atom is -0.390 e. The predicted molar refractivity (Wildman–Crippen MR) is 17.7 cm³/mol. The zero-order valence-corrected chi connectivity index (χ0v) is 3.73. The summed E-state index contributed by atoms with van der Waals surface area (Å²) < 4.78 is 9.50. The summed E-state index contributed by atoms with van der Waals surface area (Å²) in [4.78, 5) is 0. The lowest BCUT2D eigenvalue weighted by Crippen LogP contribution is -1.83. The number of rotatable bonds is 0. The molecule has 2 nitrogen and oxygen atoms in total. The molecule has 1 rings (SSSR count). The molecule has 0 unspecified atom stereocenters. The molecule has 0 aliphatic carbocycles. The third-order valence-corrected chi connectivity index (χ3v) is 1.05. The fourth-order valence-electron chi connectivity index (χ4n) is 0.208. The van der Waals surface area contributed by atoms with E-state index in [4.69, 9.17) is 8.85 Å². The van der Waals surface area contributed by atoms with E-state index in [1.54, 1.807) is 0 Å². The van der Waals surface area contributed by atoms with E-state index in [2.05, 4.69) is 0 Å². The second-order valence-corrected chi connectivity index (χ2v) is 1.52. The highest BCUT2D eigenvalue weighted by Gasteiger charge is 1.98. The lowest BCUT2D eigenvalue weighted by atomic mass is 10.8. The van der Waals surface area contributed by atoms with E-state index in [0.29, 0.717) is 10.0 Å². The molecule has 3 heteroatoms. The summed E-state index contributed by atoms with van der Waals surface area (Å²) in [6.45, 7) is 1.58. The molecular weight excluding hydrogens is 84.1 g/mol. The Bertz CT molecular complexity index is 19.2. The van der Waals surface area contributed by atoms with Crippen LogP contribution in [0.5, 0.6) is 0 Å². The number of hydrogen-bond acceptors (Lipinski definition) is 2. The summed E-state index contributed by atoms with van der Waals surface area (Å²) >= 11 is 0. The van der Waals surface area contributed by atoms with Gasteiger partial charge in [-0.2, -0.15) is 0 Å². The highest BCUT2D eigenvalue weighted by Crippen LogP contribution is 1.82. The summed E-state index contributed by atoms with van der Waals surface area (Å²) in [6, 6.07) is 0. The van der Waals surface area contributed by atoms with Gasteiger partial charge in [0, 0.05) is 0 Å². The molecule has 1 aliphatic heterocycles. The van der Waals surface area contributed by atoms with E-state index in [9.17, 15) is 0 Å². The van der Waals surface area contributed by atoms with E-state index >= 15 is 0 Å². The quantitative estimate of drug-likeness (QED) is 0.374. The molecule has 0 N–H and O–H groups in total. The monoisotopic (exact) mass is 88.0 g/mol. The maximum absolute atomic E-state index is 4.75. The van der Waals surface area contributed by atoms with Crippen LogP contribution in [0, 0.1) is 0 Å². The Balaban J connectivity index is 2.08. The SMILES string of the molecule is C1CO[Si]O1. The van der Waals surface area contributed by atoms with Crippen LogP contribution in [0.4, 0.5) is 0 Å². The fourth-order valence-corrected chi connectivity index (χ4v) is 0.625. The van der Waals surface area contributed by atoms with Gasteiger partial charge in [0.25, 0.3) is 0 Å². The Morgan fingerprint density at radius 3 is 2.00 bits per heavy atom. The van der Waals surface area contributed by atoms with Crippen molar-refractivity contribution >= 4 is 10.0 Å². The van der Waals surface area contributed by atoms with E-state index in [0.717, 1.165) is 13.2 Å². The minimum atomic E-state index is 0.309. The standard InChI is InChI=1S/C2H4O2Si/c1-2-4-5-3-1/h1-2H2. The van der Waals surface area contributed by atoms with Crippen LogP contribution in [0.25, 0.3) is 0 Å². The van der Waals surface area contributed by atoms with Crippen LogP contribution in [-0.2, 0) is 8.85 Å². The Labute approximate surface area is 33.1 Å². The van der Waals surface area contributed by atoms with Crippen molar-refractivity contribution in [2.24, 2.45) is 0 Å². The summed E-state index contributed by atoms with van der Waals surface area (Å²) in [7, 11) is 0.309. The van der Waals surface area contributed by atoms with Crippen molar-refractivity contribution in [1.82, 2.24) is 0 Å². The molecule has 0 aromatic carbocycles. The van der Waals surface area contributed by atoms with Gasteiger partial charge in [-0.1, -0.05) is 0 Å². The van der Waals surface area contributed by atoms with Gasteiger partial charge < -0.3 is 8.85 Å². The first-order chi connectivity index (χ1) is 2.50. The van der Waals surface area contributed by atoms with Gasteiger partial charge >= 0.3 is 10.0 Å². The highest BCUT2D eigenvalue weighted by molar-refractivity contribution is 6.18. The van der Waals surface area contributed by atoms with Crippen LogP contribution >= 0.6 is 0 Å². The molecule has 0 atom stereocenters. The molecule has 5 heavy (non-hydrogen) atoms. The maximum atomic E-state index is 4.75. The van der Waals surface area contributed by atoms with Crippen molar-refractivity contribution in [3.63, 3.8) is 0 Å². The molecule has 1 fully saturated rings. The molecule has 0 saturated carbocycles. The van der Waals surface area contributed by atoms with Crippen LogP contribution in [0.2, 0.25) is 0 Å². The molecule has 1 saturated heterocycles. The van der Waals surface area contributed by atoms with Crippen LogP contribution in [0.15, 0.2) is 0 Å². The average Bonchev–Trinajstić information content (AvgIpc) is 1.76. The van der Waals surface area contributed by atoms with E-state index in [1.807, 2.05) is 0 Å². The van der Waals surface area contributed by atoms with Crippen molar-refractivity contribution in [1.29, 1.82) is 0 Å². The summed E-state index contributed by atoms with van der Waals surface area (Å²) in [6.07, 6.45) is 0. The lowest BCUT2D eigenvalue weighted by molar-refractivity contribution is 0.365. The third kappa shape index (κ3) is 0.716. The summed E-state index contributed by atoms with van der Waals surface area (Å²) in [5, 5.41) is 0. The molecule has 0 bridgehead atoms.